The molecule has 0 aliphatic carbocycles. The number of carbonyl (C=O) groups is 2. The van der Waals surface area contributed by atoms with Gasteiger partial charge in [0.05, 0.1) is 13.1 Å². The molecule has 0 spiro atoms. The maximum Gasteiger partial charge on any atom is 0.242 e. The Labute approximate surface area is 92.7 Å². The van der Waals surface area contributed by atoms with Gasteiger partial charge in [-0.05, 0) is 17.7 Å². The summed E-state index contributed by atoms with van der Waals surface area (Å²) >= 11 is 0. The molecule has 5 heteroatoms. The maximum absolute atomic E-state index is 11.5. The topological polar surface area (TPSA) is 69.6 Å². The fourth-order valence-corrected chi connectivity index (χ4v) is 1.62. The summed E-state index contributed by atoms with van der Waals surface area (Å²) < 4.78 is 0. The van der Waals surface area contributed by atoms with Gasteiger partial charge in [-0.2, -0.15) is 0 Å². The van der Waals surface area contributed by atoms with Crippen LogP contribution >= 0.6 is 0 Å². The Morgan fingerprint density at radius 2 is 2.19 bits per heavy atom. The summed E-state index contributed by atoms with van der Waals surface area (Å²) in [6.45, 7) is 0.479. The van der Waals surface area contributed by atoms with Gasteiger partial charge in [-0.15, -0.1) is 0 Å². The number of hydrogen-bond acceptors (Lipinski definition) is 3. The van der Waals surface area contributed by atoms with Crippen LogP contribution in [-0.2, 0) is 16.1 Å². The summed E-state index contributed by atoms with van der Waals surface area (Å²) in [4.78, 5) is 24.1. The molecule has 16 heavy (non-hydrogen) atoms. The molecule has 1 heterocycles. The zero-order chi connectivity index (χ0) is 11.5. The zero-order valence-corrected chi connectivity index (χ0v) is 8.64. The summed E-state index contributed by atoms with van der Waals surface area (Å²) in [5.74, 6) is -0.103. The Morgan fingerprint density at radius 3 is 2.94 bits per heavy atom. The van der Waals surface area contributed by atoms with Gasteiger partial charge in [-0.25, -0.2) is 0 Å². The third-order valence-electron chi connectivity index (χ3n) is 2.41. The smallest absolute Gasteiger partial charge is 0.242 e. The van der Waals surface area contributed by atoms with E-state index in [1.54, 1.807) is 24.3 Å². The molecule has 0 unspecified atom stereocenters. The molecule has 84 valence electrons. The van der Waals surface area contributed by atoms with Crippen LogP contribution in [0.3, 0.4) is 0 Å². The molecule has 1 aliphatic rings. The Hall–Kier alpha value is -2.04. The number of nitrogens with zero attached hydrogens (tertiary/aromatic N) is 1. The van der Waals surface area contributed by atoms with Crippen molar-refractivity contribution in [1.82, 2.24) is 10.2 Å². The first-order valence-corrected chi connectivity index (χ1v) is 4.97. The van der Waals surface area contributed by atoms with Crippen molar-refractivity contribution in [2.75, 3.05) is 13.1 Å². The molecule has 2 rings (SSSR count). The van der Waals surface area contributed by atoms with Crippen molar-refractivity contribution in [3.63, 3.8) is 0 Å². The van der Waals surface area contributed by atoms with E-state index in [-0.39, 0.29) is 30.7 Å². The molecule has 1 fully saturated rings. The number of carbonyl (C=O) groups excluding carboxylic acids is 2. The van der Waals surface area contributed by atoms with E-state index in [1.165, 1.54) is 4.90 Å². The average Bonchev–Trinajstić information content (AvgIpc) is 2.24. The number of phenolic OH excluding ortho intramolecular Hbond substituents is 1. The van der Waals surface area contributed by atoms with Gasteiger partial charge in [0.1, 0.15) is 5.75 Å². The van der Waals surface area contributed by atoms with E-state index in [1.807, 2.05) is 0 Å². The van der Waals surface area contributed by atoms with Crippen molar-refractivity contribution >= 4 is 11.8 Å². The molecular weight excluding hydrogens is 208 g/mol. The molecule has 0 atom stereocenters. The van der Waals surface area contributed by atoms with E-state index >= 15 is 0 Å². The number of hydrogen-bond donors (Lipinski definition) is 2. The summed E-state index contributed by atoms with van der Waals surface area (Å²) in [6.07, 6.45) is 0. The molecule has 2 amide bonds. The van der Waals surface area contributed by atoms with Crippen LogP contribution in [0.5, 0.6) is 5.75 Å². The van der Waals surface area contributed by atoms with Crippen LogP contribution in [0, 0.1) is 0 Å². The highest BCUT2D eigenvalue weighted by atomic mass is 16.3. The Morgan fingerprint density at radius 1 is 1.38 bits per heavy atom. The maximum atomic E-state index is 11.5. The highest BCUT2D eigenvalue weighted by Gasteiger charge is 2.22. The van der Waals surface area contributed by atoms with Crippen molar-refractivity contribution in [3.8, 4) is 5.75 Å². The molecule has 5 nitrogen and oxygen atoms in total. The van der Waals surface area contributed by atoms with Crippen LogP contribution in [0.25, 0.3) is 0 Å². The van der Waals surface area contributed by atoms with Crippen LogP contribution in [-0.4, -0.2) is 34.9 Å². The van der Waals surface area contributed by atoms with Crippen molar-refractivity contribution in [2.45, 2.75) is 6.54 Å². The van der Waals surface area contributed by atoms with Gasteiger partial charge >= 0.3 is 0 Å². The Balaban J connectivity index is 2.08. The number of aromatic hydroxyl groups is 1. The van der Waals surface area contributed by atoms with Gasteiger partial charge in [0.2, 0.25) is 11.8 Å². The van der Waals surface area contributed by atoms with E-state index in [2.05, 4.69) is 5.32 Å². The summed E-state index contributed by atoms with van der Waals surface area (Å²) in [5, 5.41) is 11.8. The van der Waals surface area contributed by atoms with E-state index < -0.39 is 0 Å². The van der Waals surface area contributed by atoms with E-state index in [0.717, 1.165) is 5.56 Å². The lowest BCUT2D eigenvalue weighted by Crippen LogP contribution is -2.50. The van der Waals surface area contributed by atoms with Crippen LogP contribution < -0.4 is 5.32 Å². The molecule has 0 bridgehead atoms. The third kappa shape index (κ3) is 2.31. The van der Waals surface area contributed by atoms with Crippen LogP contribution in [0.15, 0.2) is 24.3 Å². The van der Waals surface area contributed by atoms with Gasteiger partial charge in [-0.1, -0.05) is 12.1 Å². The fraction of sp³-hybridized carbons (Fsp3) is 0.273. The number of rotatable bonds is 2. The molecule has 0 saturated carbocycles. The molecular formula is C11H12N2O3. The number of nitrogens with one attached hydrogen (secondary N) is 1. The van der Waals surface area contributed by atoms with E-state index in [4.69, 9.17) is 0 Å². The average molecular weight is 220 g/mol. The zero-order valence-electron chi connectivity index (χ0n) is 8.64. The highest BCUT2D eigenvalue weighted by Crippen LogP contribution is 2.13. The number of phenols is 1. The van der Waals surface area contributed by atoms with Crippen LogP contribution in [0.1, 0.15) is 5.56 Å². The minimum Gasteiger partial charge on any atom is -0.508 e. The molecule has 0 aromatic heterocycles. The predicted octanol–water partition coefficient (Wildman–Crippen LogP) is -0.149. The van der Waals surface area contributed by atoms with Gasteiger partial charge < -0.3 is 15.3 Å². The minimum absolute atomic E-state index is 0.0532. The van der Waals surface area contributed by atoms with E-state index in [9.17, 15) is 14.7 Å². The van der Waals surface area contributed by atoms with Gasteiger partial charge in [0.15, 0.2) is 0 Å². The largest absolute Gasteiger partial charge is 0.508 e. The molecule has 0 radical (unpaired) electrons. The van der Waals surface area contributed by atoms with Crippen LogP contribution in [0.2, 0.25) is 0 Å². The van der Waals surface area contributed by atoms with Gasteiger partial charge in [-0.3, -0.25) is 9.59 Å². The molecule has 1 aromatic carbocycles. The lowest BCUT2D eigenvalue weighted by Gasteiger charge is -2.26. The first kappa shape index (κ1) is 10.5. The van der Waals surface area contributed by atoms with Crippen LogP contribution in [0.4, 0.5) is 0 Å². The van der Waals surface area contributed by atoms with Crippen molar-refractivity contribution in [2.24, 2.45) is 0 Å². The standard InChI is InChI=1S/C11H12N2O3/c14-9-3-1-2-8(4-9)6-13-7-10(15)12-5-11(13)16/h1-4,14H,5-7H2,(H,12,15). The first-order valence-electron chi connectivity index (χ1n) is 4.97. The summed E-state index contributed by atoms with van der Waals surface area (Å²) in [5.41, 5.74) is 0.808. The predicted molar refractivity (Wildman–Crippen MR) is 56.5 cm³/mol. The lowest BCUT2D eigenvalue weighted by atomic mass is 10.2. The van der Waals surface area contributed by atoms with Crippen molar-refractivity contribution < 1.29 is 14.7 Å². The van der Waals surface area contributed by atoms with E-state index in [0.29, 0.717) is 6.54 Å². The van der Waals surface area contributed by atoms with Crippen molar-refractivity contribution in [1.29, 1.82) is 0 Å². The first-order chi connectivity index (χ1) is 7.65. The molecule has 1 saturated heterocycles. The number of piperazine rings is 1. The minimum atomic E-state index is -0.153. The Bertz CT molecular complexity index is 431. The summed E-state index contributed by atoms with van der Waals surface area (Å²) in [6, 6.07) is 6.66. The normalized spacial score (nSPS) is 16.1. The number of benzene rings is 1. The third-order valence-corrected chi connectivity index (χ3v) is 2.41. The quantitative estimate of drug-likeness (QED) is 0.728. The lowest BCUT2D eigenvalue weighted by molar-refractivity contribution is -0.141. The molecule has 2 N–H and O–H groups in total. The molecule has 1 aliphatic heterocycles. The monoisotopic (exact) mass is 220 g/mol. The SMILES string of the molecule is O=C1CN(Cc2cccc(O)c2)C(=O)CN1. The summed E-state index contributed by atoms with van der Waals surface area (Å²) in [7, 11) is 0. The van der Waals surface area contributed by atoms with Crippen molar-refractivity contribution in [3.05, 3.63) is 29.8 Å². The second kappa shape index (κ2) is 4.22. The second-order valence-electron chi connectivity index (χ2n) is 3.70. The Kier molecular flexibility index (Phi) is 2.76. The van der Waals surface area contributed by atoms with Gasteiger partial charge in [0, 0.05) is 6.54 Å². The second-order valence-corrected chi connectivity index (χ2v) is 3.70. The fourth-order valence-electron chi connectivity index (χ4n) is 1.62. The number of amides is 2. The van der Waals surface area contributed by atoms with Gasteiger partial charge in [0.25, 0.3) is 0 Å². The highest BCUT2D eigenvalue weighted by molar-refractivity contribution is 5.92. The molecule has 1 aromatic rings.